The Labute approximate surface area is 346 Å². The Morgan fingerprint density at radius 2 is 1.80 bits per heavy atom. The second kappa shape index (κ2) is 16.9. The van der Waals surface area contributed by atoms with Gasteiger partial charge in [-0.05, 0) is 69.4 Å². The van der Waals surface area contributed by atoms with Crippen LogP contribution in [-0.4, -0.2) is 96.5 Å². The highest BCUT2D eigenvalue weighted by Gasteiger charge is 2.62. The number of carbonyl (C=O) groups excluding carboxylic acids is 4. The monoisotopic (exact) mass is 825 g/mol. The second-order valence-corrected chi connectivity index (χ2v) is 19.2. The molecule has 2 saturated heterocycles. The van der Waals surface area contributed by atoms with Crippen LogP contribution in [0.4, 0.5) is 0 Å². The average Bonchev–Trinajstić information content (AvgIpc) is 4.16. The predicted octanol–water partition coefficient (Wildman–Crippen LogP) is 5.53. The number of carbonyl (C=O) groups is 4. The van der Waals surface area contributed by atoms with E-state index in [9.17, 15) is 27.6 Å². The Balaban J connectivity index is 1.12. The number of nitrogens with one attached hydrogen (secondary N) is 2. The molecule has 1 aromatic heterocycles. The molecule has 4 fully saturated rings. The first-order chi connectivity index (χ1) is 28.4. The zero-order valence-electron chi connectivity index (χ0n) is 33.9. The van der Waals surface area contributed by atoms with Crippen LogP contribution in [0.15, 0.2) is 66.7 Å². The summed E-state index contributed by atoms with van der Waals surface area (Å²) in [7, 11) is -2.29. The van der Waals surface area contributed by atoms with E-state index in [-0.39, 0.29) is 37.6 Å². The fourth-order valence-electron chi connectivity index (χ4n) is 9.07. The van der Waals surface area contributed by atoms with E-state index in [1.807, 2.05) is 71.6 Å². The van der Waals surface area contributed by atoms with Crippen LogP contribution < -0.4 is 19.5 Å². The van der Waals surface area contributed by atoms with E-state index in [0.29, 0.717) is 61.0 Å². The van der Waals surface area contributed by atoms with Gasteiger partial charge in [-0.25, -0.2) is 13.4 Å². The molecule has 0 spiro atoms. The number of likely N-dealkylation sites (tertiary alicyclic amines) is 1. The minimum Gasteiger partial charge on any atom is -0.497 e. The Morgan fingerprint density at radius 3 is 2.56 bits per heavy atom. The van der Waals surface area contributed by atoms with E-state index in [2.05, 4.69) is 17.0 Å². The van der Waals surface area contributed by atoms with Gasteiger partial charge in [-0.2, -0.15) is 0 Å². The first-order valence-corrected chi connectivity index (χ1v) is 22.8. The molecule has 2 aliphatic carbocycles. The van der Waals surface area contributed by atoms with E-state index in [4.69, 9.17) is 14.5 Å². The summed E-state index contributed by atoms with van der Waals surface area (Å²) >= 11 is 0. The van der Waals surface area contributed by atoms with Crippen molar-refractivity contribution in [3.63, 3.8) is 0 Å². The summed E-state index contributed by atoms with van der Waals surface area (Å²) in [5.41, 5.74) is 0.728. The lowest BCUT2D eigenvalue weighted by Crippen LogP contribution is -2.57. The number of piperidine rings is 1. The standard InChI is InChI=1S/C45H55N5O8S/c1-29-12-11-21-49(27-29)41(51)22-31-15-7-4-3-5-10-16-32-26-45(32,44(54)48-59(55,56)35-18-19-35)47-42(52)39-24-34(28-50(39)43(31)53)58-40-25-37(30-13-8-6-9-14-30)46-38-23-33(57-2)17-20-36(38)40/h6,8-10,13-14,16-17,20,23,25,29,31-32,34-35,39H,3-5,7,11-12,15,18-19,21-22,24,26-28H2,1-2H3,(H,47,52)(H,48,54)/b16-10-/t29?,31-,32-,34-,39+,45-/m1/s1. The molecule has 3 aromatic rings. The van der Waals surface area contributed by atoms with Gasteiger partial charge >= 0.3 is 0 Å². The zero-order chi connectivity index (χ0) is 41.3. The third kappa shape index (κ3) is 8.97. The third-order valence-electron chi connectivity index (χ3n) is 12.7. The highest BCUT2D eigenvalue weighted by Crippen LogP contribution is 2.46. The predicted molar refractivity (Wildman–Crippen MR) is 223 cm³/mol. The third-order valence-corrected chi connectivity index (χ3v) is 14.5. The number of amides is 4. The first-order valence-electron chi connectivity index (χ1n) is 21.3. The molecule has 59 heavy (non-hydrogen) atoms. The fourth-order valence-corrected chi connectivity index (χ4v) is 10.4. The van der Waals surface area contributed by atoms with Crippen molar-refractivity contribution in [3.05, 3.63) is 66.7 Å². The van der Waals surface area contributed by atoms with Gasteiger partial charge in [0.1, 0.15) is 29.2 Å². The van der Waals surface area contributed by atoms with Crippen LogP contribution in [0.3, 0.4) is 0 Å². The van der Waals surface area contributed by atoms with E-state index in [1.165, 1.54) is 0 Å². The summed E-state index contributed by atoms with van der Waals surface area (Å²) in [4.78, 5) is 65.6. The number of hydrogen-bond donors (Lipinski definition) is 2. The largest absolute Gasteiger partial charge is 0.497 e. The summed E-state index contributed by atoms with van der Waals surface area (Å²) in [6.45, 7) is 3.54. The number of fused-ring (bicyclic) bond motifs is 3. The number of sulfonamides is 1. The number of ether oxygens (including phenoxy) is 2. The Bertz CT molecular complexity index is 2230. The first kappa shape index (κ1) is 40.8. The molecular formula is C45H55N5O8S. The Kier molecular flexibility index (Phi) is 11.7. The number of rotatable bonds is 9. The van der Waals surface area contributed by atoms with E-state index in [1.54, 1.807) is 12.0 Å². The van der Waals surface area contributed by atoms with Crippen molar-refractivity contribution in [2.24, 2.45) is 17.8 Å². The van der Waals surface area contributed by atoms with Gasteiger partial charge in [0.2, 0.25) is 27.7 Å². The number of aromatic nitrogens is 1. The summed E-state index contributed by atoms with van der Waals surface area (Å²) in [5.74, 6) is -1.17. The maximum atomic E-state index is 14.9. The van der Waals surface area contributed by atoms with Gasteiger partial charge in [-0.3, -0.25) is 23.9 Å². The number of pyridine rings is 1. The number of hydrogen-bond acceptors (Lipinski definition) is 9. The second-order valence-electron chi connectivity index (χ2n) is 17.2. The molecule has 1 unspecified atom stereocenters. The summed E-state index contributed by atoms with van der Waals surface area (Å²) in [6, 6.07) is 16.1. The molecule has 14 heteroatoms. The summed E-state index contributed by atoms with van der Waals surface area (Å²) in [5, 5.41) is 3.08. The molecule has 2 aromatic carbocycles. The smallest absolute Gasteiger partial charge is 0.259 e. The molecule has 3 aliphatic heterocycles. The van der Waals surface area contributed by atoms with Gasteiger partial charge in [0, 0.05) is 60.8 Å². The van der Waals surface area contributed by atoms with Crippen molar-refractivity contribution in [1.82, 2.24) is 24.8 Å². The van der Waals surface area contributed by atoms with Gasteiger partial charge in [0.05, 0.1) is 30.1 Å². The van der Waals surface area contributed by atoms with Crippen molar-refractivity contribution < 1.29 is 37.1 Å². The molecule has 314 valence electrons. The highest BCUT2D eigenvalue weighted by atomic mass is 32.2. The van der Waals surface area contributed by atoms with Crippen LogP contribution >= 0.6 is 0 Å². The molecule has 6 atom stereocenters. The molecule has 8 rings (SSSR count). The van der Waals surface area contributed by atoms with Gasteiger partial charge in [0.15, 0.2) is 0 Å². The highest BCUT2D eigenvalue weighted by molar-refractivity contribution is 7.91. The Morgan fingerprint density at radius 1 is 0.983 bits per heavy atom. The van der Waals surface area contributed by atoms with Crippen molar-refractivity contribution in [2.75, 3.05) is 26.7 Å². The van der Waals surface area contributed by atoms with Crippen LogP contribution in [0.1, 0.15) is 84.0 Å². The molecule has 2 N–H and O–H groups in total. The minimum atomic E-state index is -3.89. The van der Waals surface area contributed by atoms with Crippen LogP contribution in [0, 0.1) is 17.8 Å². The maximum absolute atomic E-state index is 14.9. The number of benzene rings is 2. The lowest BCUT2D eigenvalue weighted by molar-refractivity contribution is -0.146. The molecule has 2 saturated carbocycles. The lowest BCUT2D eigenvalue weighted by atomic mass is 9.93. The van der Waals surface area contributed by atoms with Crippen LogP contribution in [0.5, 0.6) is 11.5 Å². The number of methoxy groups -OCH3 is 1. The molecule has 0 radical (unpaired) electrons. The quantitative estimate of drug-likeness (QED) is 0.264. The minimum absolute atomic E-state index is 0.0481. The van der Waals surface area contributed by atoms with Crippen molar-refractivity contribution >= 4 is 44.6 Å². The van der Waals surface area contributed by atoms with E-state index >= 15 is 0 Å². The van der Waals surface area contributed by atoms with Crippen LogP contribution in [-0.2, 0) is 29.2 Å². The van der Waals surface area contributed by atoms with Crippen molar-refractivity contribution in [2.45, 2.75) is 107 Å². The number of nitrogens with zero attached hydrogens (tertiary/aromatic N) is 3. The molecule has 0 bridgehead atoms. The van der Waals surface area contributed by atoms with Crippen LogP contribution in [0.25, 0.3) is 22.2 Å². The average molecular weight is 826 g/mol. The van der Waals surface area contributed by atoms with E-state index in [0.717, 1.165) is 49.5 Å². The lowest BCUT2D eigenvalue weighted by Gasteiger charge is -2.33. The van der Waals surface area contributed by atoms with Crippen molar-refractivity contribution in [1.29, 1.82) is 0 Å². The molecule has 5 aliphatic rings. The zero-order valence-corrected chi connectivity index (χ0v) is 34.8. The Hall–Kier alpha value is -4.98. The maximum Gasteiger partial charge on any atom is 0.259 e. The topological polar surface area (TPSA) is 164 Å². The van der Waals surface area contributed by atoms with Gasteiger partial charge < -0.3 is 24.6 Å². The molecular weight excluding hydrogens is 771 g/mol. The van der Waals surface area contributed by atoms with E-state index < -0.39 is 56.6 Å². The summed E-state index contributed by atoms with van der Waals surface area (Å²) < 4.78 is 40.5. The SMILES string of the molecule is COc1ccc2c(O[C@@H]3C[C@H]4C(=O)N[C@]5(C(=O)NS(=O)(=O)C6CC6)C[C@H]5/C=C\CCCCC[C@H](CC(=O)N5CCCC(C)C5)C(=O)N4C3)cc(-c3ccccc3)nc2c1. The normalized spacial score (nSPS) is 28.3. The van der Waals surface area contributed by atoms with Gasteiger partial charge in [-0.15, -0.1) is 0 Å². The van der Waals surface area contributed by atoms with Gasteiger partial charge in [-0.1, -0.05) is 62.2 Å². The van der Waals surface area contributed by atoms with Gasteiger partial charge in [0.25, 0.3) is 5.91 Å². The molecule has 4 amide bonds. The summed E-state index contributed by atoms with van der Waals surface area (Å²) in [6.07, 6.45) is 10.3. The number of allylic oxidation sites excluding steroid dienone is 1. The van der Waals surface area contributed by atoms with Crippen molar-refractivity contribution in [3.8, 4) is 22.8 Å². The molecule has 4 heterocycles. The fraction of sp³-hybridized carbons (Fsp3) is 0.533. The van der Waals surface area contributed by atoms with Crippen LogP contribution in [0.2, 0.25) is 0 Å². The molecule has 13 nitrogen and oxygen atoms in total.